The van der Waals surface area contributed by atoms with Crippen molar-refractivity contribution in [1.82, 2.24) is 4.98 Å². The smallest absolute Gasteiger partial charge is 0.230 e. The summed E-state index contributed by atoms with van der Waals surface area (Å²) in [4.78, 5) is 4.04. The molecule has 1 aromatic heterocycles. The van der Waals surface area contributed by atoms with Crippen LogP contribution in [0, 0.1) is 24.0 Å². The molecule has 0 saturated carbocycles. The van der Waals surface area contributed by atoms with Gasteiger partial charge in [0, 0.05) is 10.2 Å². The first kappa shape index (κ1) is 14.4. The van der Waals surface area contributed by atoms with E-state index >= 15 is 0 Å². The number of rotatable bonds is 3. The Kier molecular flexibility index (Phi) is 3.99. The van der Waals surface area contributed by atoms with Gasteiger partial charge in [-0.1, -0.05) is 15.9 Å². The standard InChI is InChI=1S/C13H10BrF2N3O/c1-6-2-3-8(12(17)18)13(19-6)20-10-5-7(14)4-9(15)11(10)16/h2-5H,1H3,(H3,17,18). The molecule has 0 aliphatic carbocycles. The van der Waals surface area contributed by atoms with Gasteiger partial charge in [-0.3, -0.25) is 5.41 Å². The molecule has 0 amide bonds. The fourth-order valence-electron chi connectivity index (χ4n) is 1.53. The molecule has 7 heteroatoms. The van der Waals surface area contributed by atoms with Gasteiger partial charge in [0.1, 0.15) is 5.84 Å². The minimum Gasteiger partial charge on any atom is -0.435 e. The number of pyridine rings is 1. The topological polar surface area (TPSA) is 72.0 Å². The van der Waals surface area contributed by atoms with Crippen LogP contribution in [-0.2, 0) is 0 Å². The van der Waals surface area contributed by atoms with Gasteiger partial charge in [-0.15, -0.1) is 0 Å². The van der Waals surface area contributed by atoms with Crippen LogP contribution >= 0.6 is 15.9 Å². The number of amidine groups is 1. The zero-order chi connectivity index (χ0) is 14.9. The van der Waals surface area contributed by atoms with E-state index in [-0.39, 0.29) is 23.0 Å². The summed E-state index contributed by atoms with van der Waals surface area (Å²) in [7, 11) is 0. The molecule has 3 N–H and O–H groups in total. The van der Waals surface area contributed by atoms with Crippen LogP contribution in [0.25, 0.3) is 0 Å². The fourth-order valence-corrected chi connectivity index (χ4v) is 1.94. The van der Waals surface area contributed by atoms with E-state index in [9.17, 15) is 8.78 Å². The van der Waals surface area contributed by atoms with Crippen molar-refractivity contribution in [2.75, 3.05) is 0 Å². The maximum absolute atomic E-state index is 13.7. The molecule has 0 saturated heterocycles. The van der Waals surface area contributed by atoms with Crippen LogP contribution in [0.2, 0.25) is 0 Å². The molecule has 2 rings (SSSR count). The lowest BCUT2D eigenvalue weighted by Crippen LogP contribution is -2.13. The summed E-state index contributed by atoms with van der Waals surface area (Å²) in [5.74, 6) is -2.84. The highest BCUT2D eigenvalue weighted by atomic mass is 79.9. The molecule has 0 bridgehead atoms. The Morgan fingerprint density at radius 2 is 2.05 bits per heavy atom. The third-order valence-corrected chi connectivity index (χ3v) is 2.91. The lowest BCUT2D eigenvalue weighted by molar-refractivity contribution is 0.403. The molecule has 0 radical (unpaired) electrons. The van der Waals surface area contributed by atoms with Crippen LogP contribution < -0.4 is 10.5 Å². The molecule has 1 heterocycles. The van der Waals surface area contributed by atoms with Crippen molar-refractivity contribution in [2.24, 2.45) is 5.73 Å². The number of halogens is 3. The average Bonchev–Trinajstić information content (AvgIpc) is 2.35. The van der Waals surface area contributed by atoms with Gasteiger partial charge in [0.2, 0.25) is 11.7 Å². The third kappa shape index (κ3) is 2.93. The van der Waals surface area contributed by atoms with E-state index < -0.39 is 11.6 Å². The molecule has 0 aliphatic heterocycles. The second kappa shape index (κ2) is 5.54. The lowest BCUT2D eigenvalue weighted by atomic mass is 10.2. The predicted molar refractivity (Wildman–Crippen MR) is 74.1 cm³/mol. The van der Waals surface area contributed by atoms with Crippen molar-refractivity contribution in [2.45, 2.75) is 6.92 Å². The van der Waals surface area contributed by atoms with Gasteiger partial charge in [0.05, 0.1) is 5.56 Å². The molecule has 2 aromatic rings. The number of nitrogen functional groups attached to an aromatic ring is 1. The van der Waals surface area contributed by atoms with Crippen molar-refractivity contribution in [3.63, 3.8) is 0 Å². The first-order valence-corrected chi connectivity index (χ1v) is 6.32. The molecule has 4 nitrogen and oxygen atoms in total. The molecule has 0 aliphatic rings. The lowest BCUT2D eigenvalue weighted by Gasteiger charge is -2.11. The average molecular weight is 342 g/mol. The van der Waals surface area contributed by atoms with Gasteiger partial charge >= 0.3 is 0 Å². The Morgan fingerprint density at radius 1 is 1.35 bits per heavy atom. The van der Waals surface area contributed by atoms with Gasteiger partial charge in [0.25, 0.3) is 0 Å². The Labute approximate surface area is 122 Å². The molecular formula is C13H10BrF2N3O. The van der Waals surface area contributed by atoms with Crippen molar-refractivity contribution in [1.29, 1.82) is 5.41 Å². The molecule has 0 unspecified atom stereocenters. The number of nitrogens with two attached hydrogens (primary N) is 1. The van der Waals surface area contributed by atoms with E-state index in [2.05, 4.69) is 20.9 Å². The SMILES string of the molecule is Cc1ccc(C(=N)N)c(Oc2cc(Br)cc(F)c2F)n1. The maximum Gasteiger partial charge on any atom is 0.230 e. The minimum atomic E-state index is -1.13. The van der Waals surface area contributed by atoms with Crippen LogP contribution in [0.3, 0.4) is 0 Å². The highest BCUT2D eigenvalue weighted by Crippen LogP contribution is 2.30. The molecule has 0 atom stereocenters. The molecular weight excluding hydrogens is 332 g/mol. The number of aryl methyl sites for hydroxylation is 1. The van der Waals surface area contributed by atoms with E-state index in [1.54, 1.807) is 13.0 Å². The van der Waals surface area contributed by atoms with Crippen molar-refractivity contribution in [3.05, 3.63) is 51.6 Å². The molecule has 20 heavy (non-hydrogen) atoms. The zero-order valence-corrected chi connectivity index (χ0v) is 12.0. The van der Waals surface area contributed by atoms with E-state index in [0.29, 0.717) is 10.2 Å². The minimum absolute atomic E-state index is 0.0473. The fraction of sp³-hybridized carbons (Fsp3) is 0.0769. The maximum atomic E-state index is 13.7. The van der Waals surface area contributed by atoms with E-state index in [4.69, 9.17) is 15.9 Å². The second-order valence-electron chi connectivity index (χ2n) is 4.02. The van der Waals surface area contributed by atoms with Gasteiger partial charge in [-0.25, -0.2) is 9.37 Å². The van der Waals surface area contributed by atoms with Crippen molar-refractivity contribution in [3.8, 4) is 11.6 Å². The number of benzene rings is 1. The Balaban J connectivity index is 2.50. The molecule has 0 fully saturated rings. The van der Waals surface area contributed by atoms with Crippen LogP contribution in [0.4, 0.5) is 8.78 Å². The second-order valence-corrected chi connectivity index (χ2v) is 4.94. The van der Waals surface area contributed by atoms with Crippen LogP contribution in [0.5, 0.6) is 11.6 Å². The molecule has 1 aromatic carbocycles. The van der Waals surface area contributed by atoms with E-state index in [1.807, 2.05) is 0 Å². The highest BCUT2D eigenvalue weighted by molar-refractivity contribution is 9.10. The zero-order valence-electron chi connectivity index (χ0n) is 10.4. The van der Waals surface area contributed by atoms with Gasteiger partial charge in [-0.05, 0) is 31.2 Å². The number of hydrogen-bond donors (Lipinski definition) is 2. The monoisotopic (exact) mass is 341 g/mol. The van der Waals surface area contributed by atoms with Gasteiger partial charge in [0.15, 0.2) is 11.6 Å². The first-order valence-electron chi connectivity index (χ1n) is 5.53. The summed E-state index contributed by atoms with van der Waals surface area (Å²) in [6.07, 6.45) is 0. The summed E-state index contributed by atoms with van der Waals surface area (Å²) in [5, 5.41) is 7.43. The number of ether oxygens (including phenoxy) is 1. The number of aromatic nitrogens is 1. The van der Waals surface area contributed by atoms with Crippen molar-refractivity contribution >= 4 is 21.8 Å². The number of nitrogens with one attached hydrogen (secondary N) is 1. The van der Waals surface area contributed by atoms with Crippen molar-refractivity contribution < 1.29 is 13.5 Å². The van der Waals surface area contributed by atoms with Gasteiger partial charge in [-0.2, -0.15) is 4.39 Å². The molecule has 104 valence electrons. The van der Waals surface area contributed by atoms with Crippen LogP contribution in [0.1, 0.15) is 11.3 Å². The van der Waals surface area contributed by atoms with Gasteiger partial charge < -0.3 is 10.5 Å². The van der Waals surface area contributed by atoms with Crippen LogP contribution in [0.15, 0.2) is 28.7 Å². The summed E-state index contributed by atoms with van der Waals surface area (Å²) < 4.78 is 32.6. The Hall–Kier alpha value is -2.02. The molecule has 0 spiro atoms. The Bertz CT molecular complexity index is 692. The first-order chi connectivity index (χ1) is 9.38. The summed E-state index contributed by atoms with van der Waals surface area (Å²) in [6.45, 7) is 1.70. The van der Waals surface area contributed by atoms with Crippen LogP contribution in [-0.4, -0.2) is 10.8 Å². The summed E-state index contributed by atoms with van der Waals surface area (Å²) in [5.41, 5.74) is 6.20. The van der Waals surface area contributed by atoms with E-state index in [0.717, 1.165) is 6.07 Å². The quantitative estimate of drug-likeness (QED) is 0.509. The predicted octanol–water partition coefficient (Wildman–Crippen LogP) is 3.51. The summed E-state index contributed by atoms with van der Waals surface area (Å²) in [6, 6.07) is 5.43. The summed E-state index contributed by atoms with van der Waals surface area (Å²) >= 11 is 3.05. The number of hydrogen-bond acceptors (Lipinski definition) is 3. The Morgan fingerprint density at radius 3 is 2.70 bits per heavy atom. The highest BCUT2D eigenvalue weighted by Gasteiger charge is 2.16. The number of nitrogens with zero attached hydrogens (tertiary/aromatic N) is 1. The van der Waals surface area contributed by atoms with E-state index in [1.165, 1.54) is 12.1 Å². The largest absolute Gasteiger partial charge is 0.435 e. The third-order valence-electron chi connectivity index (χ3n) is 2.46. The normalized spacial score (nSPS) is 10.4.